The molecule has 0 saturated carbocycles. The fourth-order valence-corrected chi connectivity index (χ4v) is 1.58. The largest absolute Gasteiger partial charge is 0.497 e. The molecule has 4 N–H and O–H groups in total. The van der Waals surface area contributed by atoms with Crippen LogP contribution in [0.5, 0.6) is 11.5 Å². The van der Waals surface area contributed by atoms with Gasteiger partial charge in [-0.1, -0.05) is 0 Å². The number of carbonyl (C=O) groups is 2. The Hall–Kier alpha value is -2.64. The lowest BCUT2D eigenvalue weighted by atomic mass is 10.2. The maximum atomic E-state index is 11.6. The summed E-state index contributed by atoms with van der Waals surface area (Å²) in [6.07, 6.45) is -0.837. The predicted molar refractivity (Wildman–Crippen MR) is 83.7 cm³/mol. The Kier molecular flexibility index (Phi) is 6.06. The van der Waals surface area contributed by atoms with E-state index in [9.17, 15) is 9.59 Å². The molecule has 1 amide bonds. The quantitative estimate of drug-likeness (QED) is 0.679. The standard InChI is InChI=1S/C15H22N2O6/c1-15(2,3)23-14(20)17-11(13(18)19)8-22-12-6-5-9(21-4)7-10(12)16/h5-7,11H,8,16H2,1-4H3,(H,17,20)(H,18,19)/t11-/m0/s1. The average molecular weight is 326 g/mol. The van der Waals surface area contributed by atoms with Crippen LogP contribution in [0.1, 0.15) is 20.8 Å². The smallest absolute Gasteiger partial charge is 0.408 e. The first kappa shape index (κ1) is 18.4. The maximum Gasteiger partial charge on any atom is 0.408 e. The number of benzene rings is 1. The molecular formula is C15H22N2O6. The number of hydrogen-bond acceptors (Lipinski definition) is 6. The number of nitrogen functional groups attached to an aromatic ring is 1. The molecule has 0 saturated heterocycles. The monoisotopic (exact) mass is 326 g/mol. The number of methoxy groups -OCH3 is 1. The van der Waals surface area contributed by atoms with Crippen molar-refractivity contribution in [2.75, 3.05) is 19.5 Å². The molecule has 8 heteroatoms. The summed E-state index contributed by atoms with van der Waals surface area (Å²) in [5.74, 6) is -0.400. The molecule has 0 radical (unpaired) electrons. The van der Waals surface area contributed by atoms with Crippen LogP contribution in [-0.2, 0) is 9.53 Å². The van der Waals surface area contributed by atoms with E-state index in [-0.39, 0.29) is 6.61 Å². The van der Waals surface area contributed by atoms with Gasteiger partial charge >= 0.3 is 12.1 Å². The zero-order valence-electron chi connectivity index (χ0n) is 13.6. The number of nitrogens with one attached hydrogen (secondary N) is 1. The number of ether oxygens (including phenoxy) is 3. The first-order chi connectivity index (χ1) is 10.6. The number of alkyl carbamates (subject to hydrolysis) is 1. The normalized spacial score (nSPS) is 12.2. The van der Waals surface area contributed by atoms with Gasteiger partial charge in [-0.2, -0.15) is 0 Å². The van der Waals surface area contributed by atoms with Gasteiger partial charge in [-0.25, -0.2) is 9.59 Å². The van der Waals surface area contributed by atoms with Crippen molar-refractivity contribution in [2.45, 2.75) is 32.4 Å². The Labute approximate surface area is 134 Å². The second-order valence-electron chi connectivity index (χ2n) is 5.75. The molecule has 8 nitrogen and oxygen atoms in total. The third-order valence-corrected chi connectivity index (χ3v) is 2.61. The summed E-state index contributed by atoms with van der Waals surface area (Å²) in [6.45, 7) is 4.73. The summed E-state index contributed by atoms with van der Waals surface area (Å²) in [5, 5.41) is 11.4. The summed E-state index contributed by atoms with van der Waals surface area (Å²) in [4.78, 5) is 22.8. The molecule has 0 aliphatic heterocycles. The molecule has 0 aliphatic carbocycles. The van der Waals surface area contributed by atoms with Gasteiger partial charge in [0.25, 0.3) is 0 Å². The van der Waals surface area contributed by atoms with Gasteiger partial charge in [0.15, 0.2) is 6.04 Å². The molecule has 23 heavy (non-hydrogen) atoms. The Bertz CT molecular complexity index is 568. The zero-order valence-corrected chi connectivity index (χ0v) is 13.6. The number of amides is 1. The van der Waals surface area contributed by atoms with E-state index in [1.807, 2.05) is 0 Å². The molecule has 128 valence electrons. The lowest BCUT2D eigenvalue weighted by Gasteiger charge is -2.22. The minimum Gasteiger partial charge on any atom is -0.497 e. The van der Waals surface area contributed by atoms with Crippen molar-refractivity contribution in [2.24, 2.45) is 0 Å². The van der Waals surface area contributed by atoms with Crippen LogP contribution in [0.25, 0.3) is 0 Å². The number of carboxylic acid groups (broad SMARTS) is 1. The van der Waals surface area contributed by atoms with Crippen LogP contribution in [0.15, 0.2) is 18.2 Å². The van der Waals surface area contributed by atoms with Crippen molar-refractivity contribution in [1.29, 1.82) is 0 Å². The van der Waals surface area contributed by atoms with E-state index in [1.54, 1.807) is 39.0 Å². The van der Waals surface area contributed by atoms with Crippen LogP contribution >= 0.6 is 0 Å². The van der Waals surface area contributed by atoms with Gasteiger partial charge in [-0.05, 0) is 32.9 Å². The summed E-state index contributed by atoms with van der Waals surface area (Å²) >= 11 is 0. The molecule has 0 unspecified atom stereocenters. The van der Waals surface area contributed by atoms with Crippen molar-refractivity contribution in [3.63, 3.8) is 0 Å². The van der Waals surface area contributed by atoms with Crippen molar-refractivity contribution in [3.8, 4) is 11.5 Å². The molecule has 1 rings (SSSR count). The summed E-state index contributed by atoms with van der Waals surface area (Å²) in [5.41, 5.74) is 5.35. The summed E-state index contributed by atoms with van der Waals surface area (Å²) in [7, 11) is 1.50. The molecule has 0 aliphatic rings. The Morgan fingerprint density at radius 1 is 1.35 bits per heavy atom. The van der Waals surface area contributed by atoms with Gasteiger partial charge in [0.1, 0.15) is 23.7 Å². The molecule has 0 aromatic heterocycles. The second-order valence-corrected chi connectivity index (χ2v) is 5.75. The zero-order chi connectivity index (χ0) is 17.6. The predicted octanol–water partition coefficient (Wildman–Crippen LogP) is 1.63. The minimum atomic E-state index is -1.27. The SMILES string of the molecule is COc1ccc(OC[C@H](NC(=O)OC(C)(C)C)C(=O)O)c(N)c1. The molecule has 1 aromatic rings. The number of hydrogen-bond donors (Lipinski definition) is 3. The van der Waals surface area contributed by atoms with Gasteiger partial charge in [-0.15, -0.1) is 0 Å². The van der Waals surface area contributed by atoms with E-state index in [0.717, 1.165) is 0 Å². The van der Waals surface area contributed by atoms with E-state index in [2.05, 4.69) is 5.32 Å². The number of carbonyl (C=O) groups excluding carboxylic acids is 1. The number of rotatable bonds is 6. The average Bonchev–Trinajstić information content (AvgIpc) is 2.42. The highest BCUT2D eigenvalue weighted by atomic mass is 16.6. The summed E-state index contributed by atoms with van der Waals surface area (Å²) in [6, 6.07) is 3.46. The lowest BCUT2D eigenvalue weighted by Crippen LogP contribution is -2.46. The van der Waals surface area contributed by atoms with Crippen molar-refractivity contribution < 1.29 is 28.9 Å². The van der Waals surface area contributed by atoms with E-state index in [1.165, 1.54) is 7.11 Å². The molecular weight excluding hydrogens is 304 g/mol. The van der Waals surface area contributed by atoms with Crippen LogP contribution in [0, 0.1) is 0 Å². The topological polar surface area (TPSA) is 120 Å². The number of anilines is 1. The highest BCUT2D eigenvalue weighted by Crippen LogP contribution is 2.26. The fraction of sp³-hybridized carbons (Fsp3) is 0.467. The van der Waals surface area contributed by atoms with Gasteiger partial charge < -0.3 is 30.4 Å². The molecule has 0 bridgehead atoms. The highest BCUT2D eigenvalue weighted by molar-refractivity contribution is 5.80. The molecule has 0 fully saturated rings. The second kappa shape index (κ2) is 7.57. The van der Waals surface area contributed by atoms with Gasteiger partial charge in [0, 0.05) is 6.07 Å². The molecule has 0 heterocycles. The van der Waals surface area contributed by atoms with Crippen LogP contribution in [0.4, 0.5) is 10.5 Å². The number of aliphatic carboxylic acids is 1. The van der Waals surface area contributed by atoms with E-state index < -0.39 is 23.7 Å². The molecule has 1 aromatic carbocycles. The minimum absolute atomic E-state index is 0.294. The highest BCUT2D eigenvalue weighted by Gasteiger charge is 2.24. The van der Waals surface area contributed by atoms with Gasteiger partial charge in [0.05, 0.1) is 12.8 Å². The Morgan fingerprint density at radius 3 is 2.48 bits per heavy atom. The Morgan fingerprint density at radius 2 is 2.00 bits per heavy atom. The molecule has 1 atom stereocenters. The Balaban J connectivity index is 2.67. The van der Waals surface area contributed by atoms with Crippen molar-refractivity contribution >= 4 is 17.7 Å². The van der Waals surface area contributed by atoms with E-state index in [0.29, 0.717) is 17.2 Å². The van der Waals surface area contributed by atoms with Crippen LogP contribution in [0.2, 0.25) is 0 Å². The summed E-state index contributed by atoms with van der Waals surface area (Å²) < 4.78 is 15.4. The van der Waals surface area contributed by atoms with Crippen LogP contribution < -0.4 is 20.5 Å². The first-order valence-electron chi connectivity index (χ1n) is 6.91. The first-order valence-corrected chi connectivity index (χ1v) is 6.91. The lowest BCUT2D eigenvalue weighted by molar-refractivity contribution is -0.140. The molecule has 0 spiro atoms. The fourth-order valence-electron chi connectivity index (χ4n) is 1.58. The number of carboxylic acids is 1. The van der Waals surface area contributed by atoms with E-state index in [4.69, 9.17) is 25.1 Å². The van der Waals surface area contributed by atoms with Crippen molar-refractivity contribution in [3.05, 3.63) is 18.2 Å². The third kappa shape index (κ3) is 6.33. The van der Waals surface area contributed by atoms with Crippen LogP contribution in [-0.4, -0.2) is 42.5 Å². The number of nitrogens with two attached hydrogens (primary N) is 1. The third-order valence-electron chi connectivity index (χ3n) is 2.61. The van der Waals surface area contributed by atoms with Crippen molar-refractivity contribution in [1.82, 2.24) is 5.32 Å². The van der Waals surface area contributed by atoms with Gasteiger partial charge in [0.2, 0.25) is 0 Å². The van der Waals surface area contributed by atoms with Crippen LogP contribution in [0.3, 0.4) is 0 Å². The van der Waals surface area contributed by atoms with Gasteiger partial charge in [-0.3, -0.25) is 0 Å². The van der Waals surface area contributed by atoms with E-state index >= 15 is 0 Å². The maximum absolute atomic E-state index is 11.6.